The van der Waals surface area contributed by atoms with Crippen LogP contribution < -0.4 is 20.1 Å². The Morgan fingerprint density at radius 1 is 1.38 bits per heavy atom. The van der Waals surface area contributed by atoms with E-state index in [1.165, 1.54) is 11.3 Å². The number of benzene rings is 1. The van der Waals surface area contributed by atoms with E-state index in [1.807, 2.05) is 30.5 Å². The van der Waals surface area contributed by atoms with Crippen molar-refractivity contribution in [1.29, 1.82) is 0 Å². The highest BCUT2D eigenvalue weighted by atomic mass is 32.1. The minimum atomic E-state index is -0.0105. The van der Waals surface area contributed by atoms with Crippen LogP contribution in [0.1, 0.15) is 13.3 Å². The number of nitrogens with zero attached hydrogens (tertiary/aromatic N) is 1. The normalized spacial score (nSPS) is 20.0. The van der Waals surface area contributed by atoms with Gasteiger partial charge in [0.2, 0.25) is 5.91 Å². The molecule has 1 aromatic heterocycles. The van der Waals surface area contributed by atoms with Gasteiger partial charge in [-0.05, 0) is 38.1 Å². The lowest BCUT2D eigenvalue weighted by molar-refractivity contribution is -0.119. The van der Waals surface area contributed by atoms with E-state index in [2.05, 4.69) is 15.6 Å². The number of rotatable bonds is 5. The zero-order chi connectivity index (χ0) is 17.1. The molecular weight excluding hydrogens is 326 g/mol. The smallest absolute Gasteiger partial charge is 0.230 e. The molecular formula is C17H21N3O3S. The first-order chi connectivity index (χ1) is 11.6. The third-order valence-corrected chi connectivity index (χ3v) is 5.04. The number of carbonyl (C=O) groups is 1. The molecule has 128 valence electrons. The topological polar surface area (TPSA) is 72.5 Å². The van der Waals surface area contributed by atoms with Crippen LogP contribution in [0.5, 0.6) is 11.5 Å². The van der Waals surface area contributed by atoms with Crippen molar-refractivity contribution in [2.24, 2.45) is 5.92 Å². The van der Waals surface area contributed by atoms with Crippen LogP contribution in [0, 0.1) is 5.92 Å². The molecule has 2 atom stereocenters. The maximum Gasteiger partial charge on any atom is 0.230 e. The summed E-state index contributed by atoms with van der Waals surface area (Å²) in [6, 6.07) is 5.76. The largest absolute Gasteiger partial charge is 0.497 e. The van der Waals surface area contributed by atoms with Crippen LogP contribution in [0.4, 0.5) is 5.13 Å². The molecule has 1 aliphatic heterocycles. The lowest BCUT2D eigenvalue weighted by atomic mass is 10.0. The zero-order valence-corrected chi connectivity index (χ0v) is 14.8. The van der Waals surface area contributed by atoms with Crippen LogP contribution in [0.25, 0.3) is 11.3 Å². The van der Waals surface area contributed by atoms with Gasteiger partial charge in [0.05, 0.1) is 25.8 Å². The van der Waals surface area contributed by atoms with Crippen LogP contribution in [-0.2, 0) is 4.79 Å². The van der Waals surface area contributed by atoms with E-state index in [-0.39, 0.29) is 17.9 Å². The van der Waals surface area contributed by atoms with Crippen molar-refractivity contribution >= 4 is 22.4 Å². The van der Waals surface area contributed by atoms with E-state index in [1.54, 1.807) is 14.2 Å². The number of hydrogen-bond acceptors (Lipinski definition) is 6. The second kappa shape index (κ2) is 7.19. The van der Waals surface area contributed by atoms with Gasteiger partial charge in [-0.25, -0.2) is 4.98 Å². The van der Waals surface area contributed by atoms with Gasteiger partial charge in [0, 0.05) is 17.0 Å². The van der Waals surface area contributed by atoms with Gasteiger partial charge in [-0.1, -0.05) is 0 Å². The van der Waals surface area contributed by atoms with Gasteiger partial charge in [-0.3, -0.25) is 4.79 Å². The molecule has 2 aromatic rings. The van der Waals surface area contributed by atoms with E-state index in [9.17, 15) is 4.79 Å². The molecule has 2 heterocycles. The molecule has 1 aliphatic rings. The molecule has 0 spiro atoms. The molecule has 0 aliphatic carbocycles. The molecule has 1 amide bonds. The molecule has 1 saturated heterocycles. The summed E-state index contributed by atoms with van der Waals surface area (Å²) in [5, 5.41) is 8.72. The first-order valence-corrected chi connectivity index (χ1v) is 8.72. The fourth-order valence-electron chi connectivity index (χ4n) is 2.88. The average molecular weight is 347 g/mol. The molecule has 1 fully saturated rings. The van der Waals surface area contributed by atoms with Crippen molar-refractivity contribution < 1.29 is 14.3 Å². The van der Waals surface area contributed by atoms with Gasteiger partial charge in [-0.2, -0.15) is 0 Å². The predicted octanol–water partition coefficient (Wildman–Crippen LogP) is 2.76. The summed E-state index contributed by atoms with van der Waals surface area (Å²) in [4.78, 5) is 16.9. The number of ether oxygens (including phenoxy) is 2. The average Bonchev–Trinajstić information content (AvgIpc) is 3.23. The molecule has 24 heavy (non-hydrogen) atoms. The number of aromatic nitrogens is 1. The zero-order valence-electron chi connectivity index (χ0n) is 14.0. The van der Waals surface area contributed by atoms with E-state index < -0.39 is 0 Å². The molecule has 3 rings (SSSR count). The Labute approximate surface area is 145 Å². The Hall–Kier alpha value is -2.12. The standard InChI is InChI=1S/C17H21N3O3S/c1-10-12(6-7-18-10)16(21)20-17-19-14(9-24-17)13-8-11(22-2)4-5-15(13)23-3/h4-5,8-10,12,18H,6-7H2,1-3H3,(H,19,20,21). The fraction of sp³-hybridized carbons (Fsp3) is 0.412. The Morgan fingerprint density at radius 3 is 2.88 bits per heavy atom. The second-order valence-electron chi connectivity index (χ2n) is 5.73. The van der Waals surface area contributed by atoms with E-state index in [0.717, 1.165) is 30.0 Å². The molecule has 0 saturated carbocycles. The lowest BCUT2D eigenvalue weighted by Gasteiger charge is -2.13. The van der Waals surface area contributed by atoms with Crippen LogP contribution in [0.3, 0.4) is 0 Å². The van der Waals surface area contributed by atoms with Crippen LogP contribution in [0.2, 0.25) is 0 Å². The number of anilines is 1. The molecule has 2 unspecified atom stereocenters. The van der Waals surface area contributed by atoms with Gasteiger partial charge in [0.15, 0.2) is 5.13 Å². The first-order valence-electron chi connectivity index (χ1n) is 7.84. The SMILES string of the molecule is COc1ccc(OC)c(-c2csc(NC(=O)C3CCNC3C)n2)c1. The summed E-state index contributed by atoms with van der Waals surface area (Å²) < 4.78 is 10.7. The van der Waals surface area contributed by atoms with Crippen molar-refractivity contribution in [2.45, 2.75) is 19.4 Å². The third kappa shape index (κ3) is 3.37. The van der Waals surface area contributed by atoms with Crippen LogP contribution in [0.15, 0.2) is 23.6 Å². The van der Waals surface area contributed by atoms with E-state index in [0.29, 0.717) is 10.9 Å². The number of thiazole rings is 1. The maximum atomic E-state index is 12.4. The quantitative estimate of drug-likeness (QED) is 0.870. The highest BCUT2D eigenvalue weighted by Crippen LogP contribution is 2.35. The van der Waals surface area contributed by atoms with Crippen LogP contribution in [-0.4, -0.2) is 37.7 Å². The monoisotopic (exact) mass is 347 g/mol. The third-order valence-electron chi connectivity index (χ3n) is 4.28. The minimum Gasteiger partial charge on any atom is -0.497 e. The van der Waals surface area contributed by atoms with Gasteiger partial charge >= 0.3 is 0 Å². The van der Waals surface area contributed by atoms with Gasteiger partial charge in [0.1, 0.15) is 11.5 Å². The van der Waals surface area contributed by atoms with Crippen molar-refractivity contribution in [3.63, 3.8) is 0 Å². The summed E-state index contributed by atoms with van der Waals surface area (Å²) in [5.41, 5.74) is 1.59. The highest BCUT2D eigenvalue weighted by Gasteiger charge is 2.29. The summed E-state index contributed by atoms with van der Waals surface area (Å²) in [5.74, 6) is 1.46. The van der Waals surface area contributed by atoms with Crippen molar-refractivity contribution in [2.75, 3.05) is 26.1 Å². The summed E-state index contributed by atoms with van der Waals surface area (Å²) in [6.07, 6.45) is 0.856. The Morgan fingerprint density at radius 2 is 2.21 bits per heavy atom. The molecule has 6 nitrogen and oxygen atoms in total. The second-order valence-corrected chi connectivity index (χ2v) is 6.59. The van der Waals surface area contributed by atoms with E-state index in [4.69, 9.17) is 9.47 Å². The van der Waals surface area contributed by atoms with Crippen molar-refractivity contribution in [3.05, 3.63) is 23.6 Å². The predicted molar refractivity (Wildman–Crippen MR) is 94.9 cm³/mol. The molecule has 1 aromatic carbocycles. The summed E-state index contributed by atoms with van der Waals surface area (Å²) in [6.45, 7) is 2.91. The number of nitrogens with one attached hydrogen (secondary N) is 2. The van der Waals surface area contributed by atoms with Crippen molar-refractivity contribution in [3.8, 4) is 22.8 Å². The molecule has 0 bridgehead atoms. The van der Waals surface area contributed by atoms with Gasteiger partial charge in [0.25, 0.3) is 0 Å². The lowest BCUT2D eigenvalue weighted by Crippen LogP contribution is -2.32. The fourth-order valence-corrected chi connectivity index (χ4v) is 3.60. The Kier molecular flexibility index (Phi) is 5.01. The molecule has 7 heteroatoms. The van der Waals surface area contributed by atoms with Crippen LogP contribution >= 0.6 is 11.3 Å². The number of carbonyl (C=O) groups excluding carboxylic acids is 1. The van der Waals surface area contributed by atoms with Crippen molar-refractivity contribution in [1.82, 2.24) is 10.3 Å². The first kappa shape index (κ1) is 16.7. The number of methoxy groups -OCH3 is 2. The summed E-state index contributed by atoms with van der Waals surface area (Å²) >= 11 is 1.41. The van der Waals surface area contributed by atoms with Gasteiger partial charge in [-0.15, -0.1) is 11.3 Å². The number of amides is 1. The van der Waals surface area contributed by atoms with Gasteiger partial charge < -0.3 is 20.1 Å². The Bertz CT molecular complexity index is 732. The van der Waals surface area contributed by atoms with E-state index >= 15 is 0 Å². The number of hydrogen-bond donors (Lipinski definition) is 2. The Balaban J connectivity index is 1.79. The minimum absolute atomic E-state index is 0.0105. The highest BCUT2D eigenvalue weighted by molar-refractivity contribution is 7.14. The summed E-state index contributed by atoms with van der Waals surface area (Å²) in [7, 11) is 3.24. The molecule has 0 radical (unpaired) electrons. The molecule has 2 N–H and O–H groups in total. The maximum absolute atomic E-state index is 12.4.